The number of pyridine rings is 1. The lowest BCUT2D eigenvalue weighted by molar-refractivity contribution is -0.0258. The molecular formula is C24H27N5O2. The third-order valence-corrected chi connectivity index (χ3v) is 6.70. The first-order valence-corrected chi connectivity index (χ1v) is 11.1. The Morgan fingerprint density at radius 3 is 2.65 bits per heavy atom. The third-order valence-electron chi connectivity index (χ3n) is 6.70. The zero-order valence-electron chi connectivity index (χ0n) is 17.6. The van der Waals surface area contributed by atoms with Crippen molar-refractivity contribution in [3.05, 3.63) is 53.9 Å². The van der Waals surface area contributed by atoms with E-state index in [1.165, 1.54) is 11.3 Å². The number of hydrogen-bond acceptors (Lipinski definition) is 7. The molecule has 0 saturated carbocycles. The van der Waals surface area contributed by atoms with Gasteiger partial charge < -0.3 is 24.6 Å². The largest absolute Gasteiger partial charge is 0.480 e. The lowest BCUT2D eigenvalue weighted by atomic mass is 9.82. The van der Waals surface area contributed by atoms with Crippen LogP contribution in [0.15, 0.2) is 53.3 Å². The van der Waals surface area contributed by atoms with Crippen molar-refractivity contribution in [2.75, 3.05) is 55.7 Å². The average Bonchev–Trinajstić information content (AvgIpc) is 2.85. The summed E-state index contributed by atoms with van der Waals surface area (Å²) in [5, 5.41) is 3.40. The lowest BCUT2D eigenvalue weighted by Crippen LogP contribution is -2.47. The molecule has 2 aromatic rings. The van der Waals surface area contributed by atoms with Gasteiger partial charge in [-0.3, -0.25) is 0 Å². The van der Waals surface area contributed by atoms with Crippen molar-refractivity contribution >= 4 is 23.4 Å². The fourth-order valence-electron chi connectivity index (χ4n) is 5.00. The van der Waals surface area contributed by atoms with Crippen molar-refractivity contribution in [1.82, 2.24) is 10.3 Å². The van der Waals surface area contributed by atoms with Crippen molar-refractivity contribution in [3.63, 3.8) is 0 Å². The first-order chi connectivity index (χ1) is 15.3. The SMILES string of the molecule is C1=NC2=C(CN1c1ccc(N3CCNCC3)cn1)c1ccccc1OC21CCOCC1. The maximum atomic E-state index is 6.56. The Labute approximate surface area is 182 Å². The van der Waals surface area contributed by atoms with E-state index in [2.05, 4.69) is 45.4 Å². The number of aromatic nitrogens is 1. The second-order valence-electron chi connectivity index (χ2n) is 8.52. The Bertz CT molecular complexity index is 1020. The molecule has 2 saturated heterocycles. The number of rotatable bonds is 2. The minimum atomic E-state index is -0.385. The number of fused-ring (bicyclic) bond motifs is 3. The van der Waals surface area contributed by atoms with E-state index in [9.17, 15) is 0 Å². The number of piperazine rings is 1. The van der Waals surface area contributed by atoms with Crippen LogP contribution < -0.4 is 19.9 Å². The van der Waals surface area contributed by atoms with Gasteiger partial charge in [0.25, 0.3) is 0 Å². The van der Waals surface area contributed by atoms with E-state index in [1.54, 1.807) is 0 Å². The molecule has 4 aliphatic heterocycles. The average molecular weight is 418 g/mol. The van der Waals surface area contributed by atoms with Crippen LogP contribution in [0.5, 0.6) is 5.75 Å². The van der Waals surface area contributed by atoms with Crippen molar-refractivity contribution in [1.29, 1.82) is 0 Å². The van der Waals surface area contributed by atoms with Crippen LogP contribution in [-0.4, -0.2) is 62.9 Å². The summed E-state index contributed by atoms with van der Waals surface area (Å²) in [5.74, 6) is 1.86. The fourth-order valence-corrected chi connectivity index (χ4v) is 5.00. The number of aliphatic imine (C=N–C) groups is 1. The molecule has 0 aliphatic carbocycles. The summed E-state index contributed by atoms with van der Waals surface area (Å²) in [4.78, 5) is 14.2. The maximum absolute atomic E-state index is 6.56. The Hall–Kier alpha value is -2.90. The lowest BCUT2D eigenvalue weighted by Gasteiger charge is -2.44. The van der Waals surface area contributed by atoms with Crippen LogP contribution >= 0.6 is 0 Å². The molecule has 4 aliphatic rings. The predicted molar refractivity (Wildman–Crippen MR) is 122 cm³/mol. The molecule has 6 rings (SSSR count). The van der Waals surface area contributed by atoms with Gasteiger partial charge in [0.2, 0.25) is 0 Å². The Kier molecular flexibility index (Phi) is 4.65. The van der Waals surface area contributed by atoms with Crippen molar-refractivity contribution < 1.29 is 9.47 Å². The van der Waals surface area contributed by atoms with Gasteiger partial charge in [0.1, 0.15) is 11.6 Å². The van der Waals surface area contributed by atoms with E-state index in [-0.39, 0.29) is 5.60 Å². The van der Waals surface area contributed by atoms with Gasteiger partial charge in [-0.1, -0.05) is 18.2 Å². The summed E-state index contributed by atoms with van der Waals surface area (Å²) in [6.07, 6.45) is 5.56. The molecular weight excluding hydrogens is 390 g/mol. The van der Waals surface area contributed by atoms with Gasteiger partial charge >= 0.3 is 0 Å². The van der Waals surface area contributed by atoms with Crippen LogP contribution in [-0.2, 0) is 4.74 Å². The second kappa shape index (κ2) is 7.66. The highest BCUT2D eigenvalue weighted by atomic mass is 16.5. The highest BCUT2D eigenvalue weighted by Gasteiger charge is 2.45. The molecule has 1 spiro atoms. The molecule has 0 bridgehead atoms. The molecule has 1 N–H and O–H groups in total. The summed E-state index contributed by atoms with van der Waals surface area (Å²) in [5.41, 5.74) is 4.22. The van der Waals surface area contributed by atoms with Crippen LogP contribution in [0.3, 0.4) is 0 Å². The molecule has 1 aromatic carbocycles. The number of nitrogens with one attached hydrogen (secondary N) is 1. The molecule has 0 amide bonds. The number of nitrogens with zero attached hydrogens (tertiary/aromatic N) is 4. The molecule has 160 valence electrons. The van der Waals surface area contributed by atoms with Gasteiger partial charge in [0.05, 0.1) is 43.7 Å². The number of anilines is 2. The number of benzene rings is 1. The molecule has 0 radical (unpaired) electrons. The molecule has 7 heteroatoms. The van der Waals surface area contributed by atoms with E-state index in [0.29, 0.717) is 13.2 Å². The molecule has 0 atom stereocenters. The van der Waals surface area contributed by atoms with Gasteiger partial charge in [0, 0.05) is 50.2 Å². The minimum absolute atomic E-state index is 0.385. The predicted octanol–water partition coefficient (Wildman–Crippen LogP) is 2.69. The van der Waals surface area contributed by atoms with Crippen molar-refractivity contribution in [3.8, 4) is 5.75 Å². The summed E-state index contributed by atoms with van der Waals surface area (Å²) < 4.78 is 12.2. The van der Waals surface area contributed by atoms with E-state index >= 15 is 0 Å². The molecule has 2 fully saturated rings. The highest BCUT2D eigenvalue weighted by molar-refractivity contribution is 5.91. The Morgan fingerprint density at radius 1 is 1.00 bits per heavy atom. The first-order valence-electron chi connectivity index (χ1n) is 11.1. The molecule has 5 heterocycles. The zero-order valence-corrected chi connectivity index (χ0v) is 17.6. The monoisotopic (exact) mass is 417 g/mol. The molecule has 0 unspecified atom stereocenters. The Morgan fingerprint density at radius 2 is 1.84 bits per heavy atom. The van der Waals surface area contributed by atoms with Crippen LogP contribution in [0, 0.1) is 0 Å². The Balaban J connectivity index is 1.31. The minimum Gasteiger partial charge on any atom is -0.480 e. The van der Waals surface area contributed by atoms with Gasteiger partial charge in [-0.25, -0.2) is 9.98 Å². The second-order valence-corrected chi connectivity index (χ2v) is 8.52. The molecule has 7 nitrogen and oxygen atoms in total. The fraction of sp³-hybridized carbons (Fsp3) is 0.417. The van der Waals surface area contributed by atoms with Crippen LogP contribution in [0.2, 0.25) is 0 Å². The van der Waals surface area contributed by atoms with E-state index in [1.807, 2.05) is 18.6 Å². The third kappa shape index (κ3) is 3.28. The quantitative estimate of drug-likeness (QED) is 0.811. The summed E-state index contributed by atoms with van der Waals surface area (Å²) in [6, 6.07) is 12.6. The number of para-hydroxylation sites is 1. The van der Waals surface area contributed by atoms with Gasteiger partial charge in [0.15, 0.2) is 5.60 Å². The van der Waals surface area contributed by atoms with Gasteiger partial charge in [-0.2, -0.15) is 0 Å². The summed E-state index contributed by atoms with van der Waals surface area (Å²) in [7, 11) is 0. The van der Waals surface area contributed by atoms with Crippen LogP contribution in [0.25, 0.3) is 5.57 Å². The smallest absolute Gasteiger partial charge is 0.155 e. The maximum Gasteiger partial charge on any atom is 0.155 e. The zero-order chi connectivity index (χ0) is 20.7. The van der Waals surface area contributed by atoms with Crippen LogP contribution in [0.1, 0.15) is 18.4 Å². The van der Waals surface area contributed by atoms with Gasteiger partial charge in [-0.15, -0.1) is 0 Å². The number of hydrogen-bond donors (Lipinski definition) is 1. The normalized spacial score (nSPS) is 22.2. The highest BCUT2D eigenvalue weighted by Crippen LogP contribution is 2.47. The summed E-state index contributed by atoms with van der Waals surface area (Å²) in [6.45, 7) is 6.22. The molecule has 1 aromatic heterocycles. The molecule has 31 heavy (non-hydrogen) atoms. The van der Waals surface area contributed by atoms with Crippen molar-refractivity contribution in [2.24, 2.45) is 4.99 Å². The summed E-state index contributed by atoms with van der Waals surface area (Å²) >= 11 is 0. The van der Waals surface area contributed by atoms with Crippen molar-refractivity contribution in [2.45, 2.75) is 18.4 Å². The van der Waals surface area contributed by atoms with E-state index in [4.69, 9.17) is 19.5 Å². The van der Waals surface area contributed by atoms with Gasteiger partial charge in [-0.05, 0) is 18.2 Å². The standard InChI is InChI=1S/C24H27N5O2/c1-2-4-21-19(3-1)20-16-29(17-27-23(20)24(31-21)7-13-30-14-8-24)22-6-5-18(15-26-22)28-11-9-25-10-12-28/h1-6,15,17,25H,7-14,16H2. The van der Waals surface area contributed by atoms with Crippen LogP contribution in [0.4, 0.5) is 11.5 Å². The van der Waals surface area contributed by atoms with E-state index in [0.717, 1.165) is 68.4 Å². The van der Waals surface area contributed by atoms with E-state index < -0.39 is 0 Å². The first kappa shape index (κ1) is 18.8. The topological polar surface area (TPSA) is 62.2 Å². The number of ether oxygens (including phenoxy) is 2.